The second-order valence-electron chi connectivity index (χ2n) is 6.17. The summed E-state index contributed by atoms with van der Waals surface area (Å²) in [6, 6.07) is 5.68. The fraction of sp³-hybridized carbons (Fsp3) is 0.150. The van der Waals surface area contributed by atoms with Gasteiger partial charge in [0.25, 0.3) is 5.91 Å². The van der Waals surface area contributed by atoms with Gasteiger partial charge in [-0.3, -0.25) is 4.79 Å². The Hall–Kier alpha value is -3.42. The molecule has 0 saturated heterocycles. The molecule has 0 unspecified atom stereocenters. The van der Waals surface area contributed by atoms with Gasteiger partial charge >= 0.3 is 6.18 Å². The molecule has 5 nitrogen and oxygen atoms in total. The molecule has 0 saturated carbocycles. The number of amidine groups is 1. The Balaban J connectivity index is 1.83. The van der Waals surface area contributed by atoms with E-state index in [1.165, 1.54) is 6.21 Å². The number of nitrogens with one attached hydrogen (secondary N) is 1. The normalized spacial score (nSPS) is 14.2. The first kappa shape index (κ1) is 19.3. The van der Waals surface area contributed by atoms with Crippen LogP contribution in [0.15, 0.2) is 53.7 Å². The second-order valence-corrected chi connectivity index (χ2v) is 6.17. The van der Waals surface area contributed by atoms with Gasteiger partial charge in [0.1, 0.15) is 5.84 Å². The number of halogens is 3. The van der Waals surface area contributed by atoms with E-state index in [0.29, 0.717) is 6.42 Å². The van der Waals surface area contributed by atoms with Gasteiger partial charge in [-0.05, 0) is 36.8 Å². The predicted molar refractivity (Wildman–Crippen MR) is 101 cm³/mol. The van der Waals surface area contributed by atoms with E-state index in [4.69, 9.17) is 11.1 Å². The molecule has 0 spiro atoms. The van der Waals surface area contributed by atoms with E-state index in [9.17, 15) is 18.0 Å². The third-order valence-electron chi connectivity index (χ3n) is 4.25. The summed E-state index contributed by atoms with van der Waals surface area (Å²) in [6.07, 6.45) is 5.07. The highest BCUT2D eigenvalue weighted by molar-refractivity contribution is 6.05. The van der Waals surface area contributed by atoms with Crippen LogP contribution in [0.4, 0.5) is 13.2 Å². The first-order valence-electron chi connectivity index (χ1n) is 8.41. The van der Waals surface area contributed by atoms with Crippen LogP contribution in [0.2, 0.25) is 0 Å². The maximum absolute atomic E-state index is 12.6. The molecule has 0 bridgehead atoms. The van der Waals surface area contributed by atoms with Crippen LogP contribution in [0.5, 0.6) is 0 Å². The molecular weight excluding hydrogens is 369 g/mol. The second kappa shape index (κ2) is 7.67. The van der Waals surface area contributed by atoms with E-state index in [0.717, 1.165) is 40.4 Å². The molecule has 1 aromatic heterocycles. The lowest BCUT2D eigenvalue weighted by Gasteiger charge is -2.07. The minimum Gasteiger partial charge on any atom is -0.386 e. The molecule has 0 fully saturated rings. The largest absolute Gasteiger partial charge is 0.416 e. The molecule has 1 aliphatic rings. The highest BCUT2D eigenvalue weighted by Crippen LogP contribution is 2.29. The van der Waals surface area contributed by atoms with Crippen molar-refractivity contribution in [1.29, 1.82) is 5.41 Å². The number of fused-ring (bicyclic) bond motifs is 1. The zero-order chi connectivity index (χ0) is 20.3. The first-order chi connectivity index (χ1) is 13.3. The van der Waals surface area contributed by atoms with Crippen LogP contribution < -0.4 is 16.3 Å². The maximum atomic E-state index is 12.6. The molecule has 28 heavy (non-hydrogen) atoms. The fourth-order valence-electron chi connectivity index (χ4n) is 2.89. The van der Waals surface area contributed by atoms with Crippen LogP contribution >= 0.6 is 0 Å². The van der Waals surface area contributed by atoms with Gasteiger partial charge in [0, 0.05) is 34.1 Å². The summed E-state index contributed by atoms with van der Waals surface area (Å²) >= 11 is 0. The number of aliphatic imine (C=N–C) groups is 1. The minimum atomic E-state index is -4.46. The molecule has 0 aliphatic heterocycles. The third-order valence-corrected chi connectivity index (χ3v) is 4.25. The van der Waals surface area contributed by atoms with Gasteiger partial charge in [-0.15, -0.1) is 0 Å². The van der Waals surface area contributed by atoms with E-state index in [-0.39, 0.29) is 17.9 Å². The van der Waals surface area contributed by atoms with Crippen LogP contribution in [-0.2, 0) is 12.7 Å². The summed E-state index contributed by atoms with van der Waals surface area (Å²) in [7, 11) is 0. The molecule has 144 valence electrons. The maximum Gasteiger partial charge on any atom is 0.416 e. The van der Waals surface area contributed by atoms with Crippen LogP contribution in [-0.4, -0.2) is 22.5 Å². The zero-order valence-electron chi connectivity index (χ0n) is 14.7. The number of amides is 1. The Kier molecular flexibility index (Phi) is 5.30. The Morgan fingerprint density at radius 3 is 2.61 bits per heavy atom. The third kappa shape index (κ3) is 4.11. The molecule has 0 radical (unpaired) electrons. The van der Waals surface area contributed by atoms with Crippen LogP contribution in [0.25, 0.3) is 11.6 Å². The van der Waals surface area contributed by atoms with E-state index in [1.54, 1.807) is 6.20 Å². The molecule has 3 N–H and O–H groups in total. The lowest BCUT2D eigenvalue weighted by Crippen LogP contribution is -2.34. The van der Waals surface area contributed by atoms with Crippen molar-refractivity contribution in [2.45, 2.75) is 19.1 Å². The number of allylic oxidation sites excluding steroid dienone is 2. The number of rotatable bonds is 4. The Bertz CT molecular complexity index is 1090. The van der Waals surface area contributed by atoms with Crippen molar-refractivity contribution in [3.63, 3.8) is 0 Å². The standard InChI is InChI=1S/C20H17F3N4O/c21-20(22,23)15-7-5-13(6-8-15)19(28)26-18(25)12-27-10-9-16-14(11-24)3-1-2-4-17(16)27/h1,3-11,24H,2,12H2,(H2,25,26,28). The van der Waals surface area contributed by atoms with E-state index in [2.05, 4.69) is 4.99 Å². The van der Waals surface area contributed by atoms with Crippen molar-refractivity contribution in [1.82, 2.24) is 4.57 Å². The summed E-state index contributed by atoms with van der Waals surface area (Å²) in [5, 5.41) is 9.26. The summed E-state index contributed by atoms with van der Waals surface area (Å²) in [4.78, 5) is 16.0. The van der Waals surface area contributed by atoms with Crippen molar-refractivity contribution in [3.05, 3.63) is 70.4 Å². The lowest BCUT2D eigenvalue weighted by molar-refractivity contribution is -0.137. The SMILES string of the molecule is N=CC1=c2ccn(CC(N)=NC(=O)c3ccc(C(F)(F)F)cc3)c2=CCC=C1. The van der Waals surface area contributed by atoms with E-state index >= 15 is 0 Å². The quantitative estimate of drug-likeness (QED) is 0.624. The zero-order valence-corrected chi connectivity index (χ0v) is 14.7. The minimum absolute atomic E-state index is 0.0254. The molecule has 1 aliphatic carbocycles. The first-order valence-corrected chi connectivity index (χ1v) is 8.41. The number of nitrogens with zero attached hydrogens (tertiary/aromatic N) is 2. The lowest BCUT2D eigenvalue weighted by atomic mass is 10.1. The highest BCUT2D eigenvalue weighted by Gasteiger charge is 2.30. The topological polar surface area (TPSA) is 84.2 Å². The predicted octanol–water partition coefficient (Wildman–Crippen LogP) is 2.25. The number of carbonyl (C=O) groups is 1. The van der Waals surface area contributed by atoms with Gasteiger partial charge in [0.15, 0.2) is 0 Å². The van der Waals surface area contributed by atoms with Gasteiger partial charge in [0.2, 0.25) is 0 Å². The average molecular weight is 386 g/mol. The van der Waals surface area contributed by atoms with Crippen molar-refractivity contribution < 1.29 is 18.0 Å². The highest BCUT2D eigenvalue weighted by atomic mass is 19.4. The van der Waals surface area contributed by atoms with Gasteiger partial charge < -0.3 is 15.7 Å². The number of hydrogen-bond donors (Lipinski definition) is 2. The van der Waals surface area contributed by atoms with Crippen molar-refractivity contribution in [3.8, 4) is 0 Å². The van der Waals surface area contributed by atoms with Gasteiger partial charge in [0.05, 0.1) is 12.1 Å². The summed E-state index contributed by atoms with van der Waals surface area (Å²) in [5.41, 5.74) is 5.84. The van der Waals surface area contributed by atoms with E-state index in [1.807, 2.05) is 28.9 Å². The number of carbonyl (C=O) groups excluding carboxylic acids is 1. The van der Waals surface area contributed by atoms with Crippen LogP contribution in [0, 0.1) is 5.41 Å². The summed E-state index contributed by atoms with van der Waals surface area (Å²) < 4.78 is 39.6. The molecule has 3 rings (SSSR count). The smallest absolute Gasteiger partial charge is 0.386 e. The number of aromatic nitrogens is 1. The Labute approximate surface area is 158 Å². The molecule has 1 heterocycles. The molecular formula is C20H17F3N4O. The summed E-state index contributed by atoms with van der Waals surface area (Å²) in [5.74, 6) is -0.674. The van der Waals surface area contributed by atoms with Crippen LogP contribution in [0.1, 0.15) is 22.3 Å². The van der Waals surface area contributed by atoms with Crippen molar-refractivity contribution in [2.75, 3.05) is 0 Å². The van der Waals surface area contributed by atoms with Gasteiger partial charge in [-0.1, -0.05) is 18.2 Å². The van der Waals surface area contributed by atoms with Gasteiger partial charge in [-0.2, -0.15) is 18.2 Å². The van der Waals surface area contributed by atoms with Crippen molar-refractivity contribution >= 4 is 29.6 Å². The number of alkyl halides is 3. The molecule has 1 amide bonds. The monoisotopic (exact) mass is 386 g/mol. The average Bonchev–Trinajstić information content (AvgIpc) is 2.91. The van der Waals surface area contributed by atoms with E-state index < -0.39 is 17.6 Å². The molecule has 0 atom stereocenters. The number of hydrogen-bond acceptors (Lipinski definition) is 2. The summed E-state index contributed by atoms with van der Waals surface area (Å²) in [6.45, 7) is 0.142. The molecule has 8 heteroatoms. The van der Waals surface area contributed by atoms with Crippen LogP contribution in [0.3, 0.4) is 0 Å². The number of nitrogens with two attached hydrogens (primary N) is 1. The molecule has 1 aromatic carbocycles. The number of benzene rings is 1. The Morgan fingerprint density at radius 2 is 1.96 bits per heavy atom. The Morgan fingerprint density at radius 1 is 1.25 bits per heavy atom. The van der Waals surface area contributed by atoms with Gasteiger partial charge in [-0.25, -0.2) is 0 Å². The fourth-order valence-corrected chi connectivity index (χ4v) is 2.89. The molecule has 2 aromatic rings. The van der Waals surface area contributed by atoms with Crippen molar-refractivity contribution in [2.24, 2.45) is 10.7 Å².